The molecule has 0 saturated carbocycles. The number of hydrogen-bond acceptors (Lipinski definition) is 4. The molecule has 3 nitrogen and oxygen atoms in total. The molecule has 1 aliphatic rings. The lowest BCUT2D eigenvalue weighted by Gasteiger charge is -2.21. The topological polar surface area (TPSA) is 46.5 Å². The number of hydrogen-bond donors (Lipinski definition) is 1. The van der Waals surface area contributed by atoms with Crippen molar-refractivity contribution in [2.45, 2.75) is 23.8 Å². The summed E-state index contributed by atoms with van der Waals surface area (Å²) in [6.07, 6.45) is 5.12. The van der Waals surface area contributed by atoms with Crippen LogP contribution in [0.2, 0.25) is 0 Å². The summed E-state index contributed by atoms with van der Waals surface area (Å²) in [6.45, 7) is 1.74. The minimum atomic E-state index is -0.899. The molecule has 1 saturated heterocycles. The lowest BCUT2D eigenvalue weighted by molar-refractivity contribution is -0.131. The van der Waals surface area contributed by atoms with Gasteiger partial charge in [-0.05, 0) is 35.9 Å². The number of carboxylic acid groups (broad SMARTS) is 1. The van der Waals surface area contributed by atoms with E-state index in [1.807, 2.05) is 23.2 Å². The van der Waals surface area contributed by atoms with Gasteiger partial charge in [-0.2, -0.15) is 11.8 Å². The summed E-state index contributed by atoms with van der Waals surface area (Å²) in [5, 5.41) is 11.3. The van der Waals surface area contributed by atoms with Crippen LogP contribution in [0.5, 0.6) is 0 Å². The van der Waals surface area contributed by atoms with Crippen LogP contribution >= 0.6 is 23.1 Å². The quantitative estimate of drug-likeness (QED) is 0.843. The average Bonchev–Trinajstić information content (AvgIpc) is 2.82. The lowest BCUT2D eigenvalue weighted by Crippen LogP contribution is -2.17. The van der Waals surface area contributed by atoms with Crippen molar-refractivity contribution in [2.24, 2.45) is 0 Å². The molecule has 1 aliphatic heterocycles. The van der Waals surface area contributed by atoms with Crippen LogP contribution < -0.4 is 0 Å². The Kier molecular flexibility index (Phi) is 5.28. The van der Waals surface area contributed by atoms with Crippen molar-refractivity contribution in [1.29, 1.82) is 0 Å². The molecular formula is C13H16O3S2. The zero-order valence-electron chi connectivity index (χ0n) is 10.0. The van der Waals surface area contributed by atoms with E-state index in [2.05, 4.69) is 0 Å². The third-order valence-electron chi connectivity index (χ3n) is 2.80. The Labute approximate surface area is 115 Å². The van der Waals surface area contributed by atoms with Crippen LogP contribution in [-0.2, 0) is 15.3 Å². The van der Waals surface area contributed by atoms with E-state index in [4.69, 9.17) is 9.84 Å². The van der Waals surface area contributed by atoms with Gasteiger partial charge in [0.25, 0.3) is 0 Å². The van der Waals surface area contributed by atoms with Crippen molar-refractivity contribution < 1.29 is 14.6 Å². The molecule has 0 spiro atoms. The SMILES string of the molecule is O=C(O)C=Cc1ccsc1CSC1CCOCC1. The normalized spacial score (nSPS) is 17.3. The van der Waals surface area contributed by atoms with Crippen molar-refractivity contribution in [1.82, 2.24) is 0 Å². The molecule has 2 heterocycles. The fourth-order valence-electron chi connectivity index (χ4n) is 1.81. The van der Waals surface area contributed by atoms with Crippen LogP contribution in [0.15, 0.2) is 17.5 Å². The maximum atomic E-state index is 10.5. The molecular weight excluding hydrogens is 268 g/mol. The van der Waals surface area contributed by atoms with E-state index in [9.17, 15) is 4.79 Å². The Morgan fingerprint density at radius 1 is 1.56 bits per heavy atom. The van der Waals surface area contributed by atoms with Gasteiger partial charge in [0.2, 0.25) is 0 Å². The maximum Gasteiger partial charge on any atom is 0.328 e. The Morgan fingerprint density at radius 3 is 3.06 bits per heavy atom. The van der Waals surface area contributed by atoms with E-state index < -0.39 is 5.97 Å². The Bertz CT molecular complexity index is 420. The zero-order chi connectivity index (χ0) is 12.8. The summed E-state index contributed by atoms with van der Waals surface area (Å²) < 4.78 is 5.34. The predicted octanol–water partition coefficient (Wildman–Crippen LogP) is 3.26. The molecule has 5 heteroatoms. The van der Waals surface area contributed by atoms with Crippen molar-refractivity contribution in [3.05, 3.63) is 28.0 Å². The van der Waals surface area contributed by atoms with Gasteiger partial charge in [0, 0.05) is 35.2 Å². The van der Waals surface area contributed by atoms with E-state index in [-0.39, 0.29) is 0 Å². The second-order valence-corrected chi connectivity index (χ2v) is 6.38. The Hall–Kier alpha value is -0.780. The molecule has 0 aliphatic carbocycles. The first-order valence-electron chi connectivity index (χ1n) is 5.92. The standard InChI is InChI=1S/C13H16O3S2/c14-13(15)2-1-10-5-8-17-12(10)9-18-11-3-6-16-7-4-11/h1-2,5,8,11H,3-4,6-7,9H2,(H,14,15). The summed E-state index contributed by atoms with van der Waals surface area (Å²) in [5.41, 5.74) is 1.03. The van der Waals surface area contributed by atoms with Gasteiger partial charge < -0.3 is 9.84 Å². The molecule has 1 aromatic heterocycles. The number of ether oxygens (including phenoxy) is 1. The van der Waals surface area contributed by atoms with Gasteiger partial charge >= 0.3 is 5.97 Å². The van der Waals surface area contributed by atoms with Gasteiger partial charge in [-0.15, -0.1) is 11.3 Å². The molecule has 0 amide bonds. The zero-order valence-corrected chi connectivity index (χ0v) is 11.6. The number of rotatable bonds is 5. The van der Waals surface area contributed by atoms with Gasteiger partial charge in [-0.25, -0.2) is 4.79 Å². The number of carbonyl (C=O) groups is 1. The number of aliphatic carboxylic acids is 1. The number of carboxylic acids is 1. The first kappa shape index (κ1) is 13.6. The molecule has 0 bridgehead atoms. The van der Waals surface area contributed by atoms with Crippen molar-refractivity contribution in [3.63, 3.8) is 0 Å². The molecule has 2 rings (SSSR count). The first-order chi connectivity index (χ1) is 8.75. The highest BCUT2D eigenvalue weighted by atomic mass is 32.2. The molecule has 0 unspecified atom stereocenters. The molecule has 1 fully saturated rings. The first-order valence-corrected chi connectivity index (χ1v) is 7.85. The summed E-state index contributed by atoms with van der Waals surface area (Å²) in [5.74, 6) is 0.0611. The smallest absolute Gasteiger partial charge is 0.328 e. The minimum Gasteiger partial charge on any atom is -0.478 e. The van der Waals surface area contributed by atoms with E-state index in [0.29, 0.717) is 5.25 Å². The summed E-state index contributed by atoms with van der Waals surface area (Å²) in [6, 6.07) is 1.98. The van der Waals surface area contributed by atoms with Crippen molar-refractivity contribution >= 4 is 35.1 Å². The van der Waals surface area contributed by atoms with E-state index in [1.165, 1.54) is 11.0 Å². The highest BCUT2D eigenvalue weighted by molar-refractivity contribution is 7.99. The van der Waals surface area contributed by atoms with E-state index in [1.54, 1.807) is 17.4 Å². The van der Waals surface area contributed by atoms with Crippen molar-refractivity contribution in [3.8, 4) is 0 Å². The fourth-order valence-corrected chi connectivity index (χ4v) is 4.02. The van der Waals surface area contributed by atoms with Crippen LogP contribution in [-0.4, -0.2) is 29.5 Å². The molecule has 0 aromatic carbocycles. The molecule has 1 N–H and O–H groups in total. The second kappa shape index (κ2) is 6.97. The molecule has 1 aromatic rings. The summed E-state index contributed by atoms with van der Waals surface area (Å²) >= 11 is 3.65. The monoisotopic (exact) mass is 284 g/mol. The third-order valence-corrected chi connectivity index (χ3v) is 5.32. The highest BCUT2D eigenvalue weighted by Crippen LogP contribution is 2.29. The second-order valence-electron chi connectivity index (χ2n) is 4.09. The largest absolute Gasteiger partial charge is 0.478 e. The lowest BCUT2D eigenvalue weighted by atomic mass is 10.2. The predicted molar refractivity (Wildman–Crippen MR) is 76.1 cm³/mol. The van der Waals surface area contributed by atoms with Crippen LogP contribution in [0, 0.1) is 0 Å². The highest BCUT2D eigenvalue weighted by Gasteiger charge is 2.14. The summed E-state index contributed by atoms with van der Waals surface area (Å²) in [4.78, 5) is 11.8. The molecule has 18 heavy (non-hydrogen) atoms. The third kappa shape index (κ3) is 4.15. The number of thiophene rings is 1. The van der Waals surface area contributed by atoms with Gasteiger partial charge in [0.1, 0.15) is 0 Å². The van der Waals surface area contributed by atoms with Crippen molar-refractivity contribution in [2.75, 3.05) is 13.2 Å². The number of thioether (sulfide) groups is 1. The molecule has 0 atom stereocenters. The Morgan fingerprint density at radius 2 is 2.33 bits per heavy atom. The van der Waals surface area contributed by atoms with Crippen LogP contribution in [0.4, 0.5) is 0 Å². The van der Waals surface area contributed by atoms with Gasteiger partial charge in [0.05, 0.1) is 0 Å². The fraction of sp³-hybridized carbons (Fsp3) is 0.462. The van der Waals surface area contributed by atoms with E-state index >= 15 is 0 Å². The summed E-state index contributed by atoms with van der Waals surface area (Å²) in [7, 11) is 0. The average molecular weight is 284 g/mol. The van der Waals surface area contributed by atoms with Gasteiger partial charge in [-0.3, -0.25) is 0 Å². The van der Waals surface area contributed by atoms with Gasteiger partial charge in [0.15, 0.2) is 0 Å². The molecule has 0 radical (unpaired) electrons. The van der Waals surface area contributed by atoms with E-state index in [0.717, 1.165) is 37.4 Å². The maximum absolute atomic E-state index is 10.5. The minimum absolute atomic E-state index is 0.678. The Balaban J connectivity index is 1.88. The van der Waals surface area contributed by atoms with Crippen LogP contribution in [0.25, 0.3) is 6.08 Å². The molecule has 98 valence electrons. The van der Waals surface area contributed by atoms with Crippen LogP contribution in [0.3, 0.4) is 0 Å². The van der Waals surface area contributed by atoms with Gasteiger partial charge in [-0.1, -0.05) is 0 Å². The van der Waals surface area contributed by atoms with Crippen LogP contribution in [0.1, 0.15) is 23.3 Å².